The molecule has 0 fully saturated rings. The van der Waals surface area contributed by atoms with Gasteiger partial charge in [-0.2, -0.15) is 0 Å². The number of ether oxygens (including phenoxy) is 1. The molecule has 0 radical (unpaired) electrons. The molecule has 0 aliphatic heterocycles. The van der Waals surface area contributed by atoms with E-state index in [4.69, 9.17) is 10.5 Å². The molecule has 0 aliphatic rings. The third-order valence-corrected chi connectivity index (χ3v) is 4.75. The first-order valence-electron chi connectivity index (χ1n) is 10.4. The molecule has 3 amide bonds. The van der Waals surface area contributed by atoms with Crippen LogP contribution in [0.5, 0.6) is 0 Å². The van der Waals surface area contributed by atoms with Crippen molar-refractivity contribution in [3.8, 4) is 0 Å². The summed E-state index contributed by atoms with van der Waals surface area (Å²) >= 11 is 0. The summed E-state index contributed by atoms with van der Waals surface area (Å²) in [5.41, 5.74) is 8.33. The molecule has 7 heteroatoms. The number of hydrogen-bond acceptors (Lipinski definition) is 4. The highest BCUT2D eigenvalue weighted by Crippen LogP contribution is 2.09. The molecule has 2 aromatic carbocycles. The van der Waals surface area contributed by atoms with Crippen LogP contribution in [-0.2, 0) is 27.4 Å². The van der Waals surface area contributed by atoms with Gasteiger partial charge in [-0.25, -0.2) is 4.79 Å². The van der Waals surface area contributed by atoms with Crippen molar-refractivity contribution in [2.45, 2.75) is 52.3 Å². The third kappa shape index (κ3) is 8.50. The normalized spacial score (nSPS) is 12.6. The molecule has 0 aliphatic carbocycles. The van der Waals surface area contributed by atoms with Crippen LogP contribution in [0.3, 0.4) is 0 Å². The average Bonchev–Trinajstić information content (AvgIpc) is 2.73. The van der Waals surface area contributed by atoms with Crippen LogP contribution >= 0.6 is 0 Å². The quantitative estimate of drug-likeness (QED) is 0.543. The first-order valence-corrected chi connectivity index (χ1v) is 10.4. The Bertz CT molecular complexity index is 866. The molecule has 2 rings (SSSR count). The van der Waals surface area contributed by atoms with Gasteiger partial charge >= 0.3 is 6.09 Å². The van der Waals surface area contributed by atoms with Crippen LogP contribution < -0.4 is 16.4 Å². The molecule has 0 bridgehead atoms. The fourth-order valence-corrected chi connectivity index (χ4v) is 3.06. The van der Waals surface area contributed by atoms with Gasteiger partial charge in [0.15, 0.2) is 0 Å². The number of alkyl carbamates (subject to hydrolysis) is 1. The van der Waals surface area contributed by atoms with Crippen LogP contribution in [0.2, 0.25) is 0 Å². The van der Waals surface area contributed by atoms with Gasteiger partial charge in [-0.1, -0.05) is 74.0 Å². The summed E-state index contributed by atoms with van der Waals surface area (Å²) in [4.78, 5) is 37.0. The summed E-state index contributed by atoms with van der Waals surface area (Å²) in [6, 6.07) is 15.2. The van der Waals surface area contributed by atoms with E-state index in [1.165, 1.54) is 0 Å². The van der Waals surface area contributed by atoms with Crippen molar-refractivity contribution in [2.75, 3.05) is 0 Å². The van der Waals surface area contributed by atoms with Crippen molar-refractivity contribution in [1.82, 2.24) is 10.6 Å². The van der Waals surface area contributed by atoms with E-state index < -0.39 is 30.0 Å². The van der Waals surface area contributed by atoms with Crippen molar-refractivity contribution < 1.29 is 19.1 Å². The van der Waals surface area contributed by atoms with Crippen LogP contribution in [0.4, 0.5) is 4.79 Å². The Morgan fingerprint density at radius 1 is 0.903 bits per heavy atom. The predicted molar refractivity (Wildman–Crippen MR) is 119 cm³/mol. The lowest BCUT2D eigenvalue weighted by atomic mass is 10.0. The van der Waals surface area contributed by atoms with E-state index in [9.17, 15) is 14.4 Å². The highest BCUT2D eigenvalue weighted by atomic mass is 16.5. The molecular weight excluding hydrogens is 394 g/mol. The van der Waals surface area contributed by atoms with Crippen molar-refractivity contribution in [3.05, 3.63) is 71.3 Å². The summed E-state index contributed by atoms with van der Waals surface area (Å²) in [6.07, 6.45) is -0.0324. The monoisotopic (exact) mass is 425 g/mol. The Hall–Kier alpha value is -3.35. The van der Waals surface area contributed by atoms with Gasteiger partial charge in [-0.05, 0) is 30.4 Å². The zero-order valence-corrected chi connectivity index (χ0v) is 18.3. The number of primary amides is 1. The Kier molecular flexibility index (Phi) is 9.06. The average molecular weight is 426 g/mol. The van der Waals surface area contributed by atoms with E-state index in [2.05, 4.69) is 10.6 Å². The van der Waals surface area contributed by atoms with Crippen LogP contribution in [0.15, 0.2) is 54.6 Å². The van der Waals surface area contributed by atoms with Gasteiger partial charge in [0.25, 0.3) is 0 Å². The molecule has 166 valence electrons. The number of carbonyl (C=O) groups is 3. The molecule has 7 nitrogen and oxygen atoms in total. The van der Waals surface area contributed by atoms with Gasteiger partial charge in [0.2, 0.25) is 11.8 Å². The molecule has 0 aromatic heterocycles. The number of nitrogens with two attached hydrogens (primary N) is 1. The van der Waals surface area contributed by atoms with Crippen molar-refractivity contribution in [2.24, 2.45) is 11.7 Å². The van der Waals surface area contributed by atoms with E-state index in [1.54, 1.807) is 0 Å². The maximum absolute atomic E-state index is 12.9. The number of hydrogen-bond donors (Lipinski definition) is 3. The molecule has 0 heterocycles. The SMILES string of the molecule is Cc1ccc(C[C@H](NC(=O)[C@H](CC(C)C)NC(=O)OCc2ccccc2)C(N)=O)cc1. The largest absolute Gasteiger partial charge is 0.445 e. The number of carbonyl (C=O) groups excluding carboxylic acids is 3. The standard InChI is InChI=1S/C24H31N3O4/c1-16(2)13-21(27-24(30)31-15-19-7-5-4-6-8-19)23(29)26-20(22(25)28)14-18-11-9-17(3)10-12-18/h4-12,16,20-21H,13-15H2,1-3H3,(H2,25,28)(H,26,29)(H,27,30)/t20-,21-/m0/s1. The molecule has 0 saturated heterocycles. The minimum atomic E-state index is -0.882. The van der Waals surface area contributed by atoms with Crippen LogP contribution in [0.1, 0.15) is 37.0 Å². The van der Waals surface area contributed by atoms with Crippen molar-refractivity contribution >= 4 is 17.9 Å². The Labute approximate surface area is 183 Å². The van der Waals surface area contributed by atoms with Crippen LogP contribution in [-0.4, -0.2) is 30.0 Å². The van der Waals surface area contributed by atoms with Crippen LogP contribution in [0, 0.1) is 12.8 Å². The summed E-state index contributed by atoms with van der Waals surface area (Å²) in [7, 11) is 0. The number of nitrogens with one attached hydrogen (secondary N) is 2. The molecule has 0 saturated carbocycles. The van der Waals surface area contributed by atoms with E-state index in [0.29, 0.717) is 6.42 Å². The maximum Gasteiger partial charge on any atom is 0.408 e. The van der Waals surface area contributed by atoms with Crippen LogP contribution in [0.25, 0.3) is 0 Å². The van der Waals surface area contributed by atoms with Gasteiger partial charge in [-0.3, -0.25) is 9.59 Å². The lowest BCUT2D eigenvalue weighted by Crippen LogP contribution is -2.54. The predicted octanol–water partition coefficient (Wildman–Crippen LogP) is 2.85. The molecule has 0 spiro atoms. The lowest BCUT2D eigenvalue weighted by Gasteiger charge is -2.23. The molecule has 31 heavy (non-hydrogen) atoms. The highest BCUT2D eigenvalue weighted by molar-refractivity contribution is 5.90. The maximum atomic E-state index is 12.9. The second kappa shape index (κ2) is 11.7. The summed E-state index contributed by atoms with van der Waals surface area (Å²) < 4.78 is 5.23. The summed E-state index contributed by atoms with van der Waals surface area (Å²) in [5.74, 6) is -0.973. The Balaban J connectivity index is 1.99. The second-order valence-corrected chi connectivity index (χ2v) is 8.04. The van der Waals surface area contributed by atoms with Gasteiger partial charge < -0.3 is 21.1 Å². The van der Waals surface area contributed by atoms with Crippen molar-refractivity contribution in [1.29, 1.82) is 0 Å². The van der Waals surface area contributed by atoms with E-state index in [0.717, 1.165) is 16.7 Å². The number of rotatable bonds is 10. The first-order chi connectivity index (χ1) is 14.7. The summed E-state index contributed by atoms with van der Waals surface area (Å²) in [5, 5.41) is 5.29. The van der Waals surface area contributed by atoms with Gasteiger partial charge in [0.05, 0.1) is 0 Å². The number of amides is 3. The van der Waals surface area contributed by atoms with Gasteiger partial charge in [-0.15, -0.1) is 0 Å². The third-order valence-electron chi connectivity index (χ3n) is 4.75. The topological polar surface area (TPSA) is 111 Å². The fraction of sp³-hybridized carbons (Fsp3) is 0.375. The molecule has 2 aromatic rings. The second-order valence-electron chi connectivity index (χ2n) is 8.04. The van der Waals surface area contributed by atoms with Gasteiger partial charge in [0.1, 0.15) is 18.7 Å². The zero-order valence-electron chi connectivity index (χ0n) is 18.3. The lowest BCUT2D eigenvalue weighted by molar-refractivity contribution is -0.128. The zero-order chi connectivity index (χ0) is 22.8. The molecule has 4 N–H and O–H groups in total. The number of benzene rings is 2. The smallest absolute Gasteiger partial charge is 0.408 e. The molecular formula is C24H31N3O4. The van der Waals surface area contributed by atoms with Crippen molar-refractivity contribution in [3.63, 3.8) is 0 Å². The Morgan fingerprint density at radius 2 is 1.55 bits per heavy atom. The molecule has 2 atom stereocenters. The van der Waals surface area contributed by atoms with E-state index in [-0.39, 0.29) is 18.9 Å². The van der Waals surface area contributed by atoms with E-state index in [1.807, 2.05) is 75.4 Å². The van der Waals surface area contributed by atoms with E-state index >= 15 is 0 Å². The first kappa shape index (κ1) is 23.9. The Morgan fingerprint density at radius 3 is 2.13 bits per heavy atom. The van der Waals surface area contributed by atoms with Gasteiger partial charge in [0, 0.05) is 6.42 Å². The highest BCUT2D eigenvalue weighted by Gasteiger charge is 2.27. The fourth-order valence-electron chi connectivity index (χ4n) is 3.06. The minimum absolute atomic E-state index is 0.0972. The minimum Gasteiger partial charge on any atom is -0.445 e. The summed E-state index contributed by atoms with van der Waals surface area (Å²) in [6.45, 7) is 5.94. The number of aryl methyl sites for hydroxylation is 1. The molecule has 0 unspecified atom stereocenters.